The Labute approximate surface area is 135 Å². The first-order chi connectivity index (χ1) is 10.6. The van der Waals surface area contributed by atoms with Gasteiger partial charge in [-0.1, -0.05) is 28.1 Å². The highest BCUT2D eigenvalue weighted by molar-refractivity contribution is 9.10. The standard InChI is InChI=1S/C15H14BrN5O/c1-20-9-12(6-17-20)15(22)19-14-7-18-21(10-14)8-11-2-4-13(16)5-3-11/h2-7,9-10H,8H2,1H3,(H,19,22). The van der Waals surface area contributed by atoms with Gasteiger partial charge in [0.25, 0.3) is 5.91 Å². The van der Waals surface area contributed by atoms with E-state index in [0.29, 0.717) is 17.8 Å². The van der Waals surface area contributed by atoms with Gasteiger partial charge in [0.2, 0.25) is 0 Å². The highest BCUT2D eigenvalue weighted by Crippen LogP contribution is 2.13. The Morgan fingerprint density at radius 2 is 1.95 bits per heavy atom. The SMILES string of the molecule is Cn1cc(C(=O)Nc2cnn(Cc3ccc(Br)cc3)c2)cn1. The van der Waals surface area contributed by atoms with Crippen LogP contribution in [0.15, 0.2) is 53.5 Å². The summed E-state index contributed by atoms with van der Waals surface area (Å²) in [4.78, 5) is 12.0. The molecule has 0 saturated heterocycles. The maximum atomic E-state index is 12.0. The third-order valence-corrected chi connectivity index (χ3v) is 3.64. The minimum atomic E-state index is -0.198. The lowest BCUT2D eigenvalue weighted by Gasteiger charge is -2.02. The summed E-state index contributed by atoms with van der Waals surface area (Å²) in [5, 5.41) is 11.0. The molecule has 1 aromatic carbocycles. The molecule has 0 aliphatic carbocycles. The number of amides is 1. The summed E-state index contributed by atoms with van der Waals surface area (Å²) in [7, 11) is 1.77. The molecule has 2 heterocycles. The second-order valence-corrected chi connectivity index (χ2v) is 5.83. The third kappa shape index (κ3) is 3.43. The number of anilines is 1. The van der Waals surface area contributed by atoms with Crippen LogP contribution in [-0.4, -0.2) is 25.5 Å². The van der Waals surface area contributed by atoms with E-state index in [4.69, 9.17) is 0 Å². The summed E-state index contributed by atoms with van der Waals surface area (Å²) in [6, 6.07) is 8.03. The topological polar surface area (TPSA) is 64.7 Å². The number of benzene rings is 1. The smallest absolute Gasteiger partial charge is 0.258 e. The van der Waals surface area contributed by atoms with Crippen LogP contribution in [0.4, 0.5) is 5.69 Å². The fraction of sp³-hybridized carbons (Fsp3) is 0.133. The number of halogens is 1. The molecule has 2 aromatic heterocycles. The van der Waals surface area contributed by atoms with E-state index in [-0.39, 0.29) is 5.91 Å². The van der Waals surface area contributed by atoms with Crippen LogP contribution in [0.1, 0.15) is 15.9 Å². The van der Waals surface area contributed by atoms with Crippen molar-refractivity contribution in [1.82, 2.24) is 19.6 Å². The molecule has 0 unspecified atom stereocenters. The van der Waals surface area contributed by atoms with E-state index in [9.17, 15) is 4.79 Å². The molecular formula is C15H14BrN5O. The van der Waals surface area contributed by atoms with Crippen LogP contribution in [-0.2, 0) is 13.6 Å². The molecule has 0 spiro atoms. The molecule has 112 valence electrons. The lowest BCUT2D eigenvalue weighted by molar-refractivity contribution is 0.102. The van der Waals surface area contributed by atoms with Crippen molar-refractivity contribution >= 4 is 27.5 Å². The number of aryl methyl sites for hydroxylation is 1. The van der Waals surface area contributed by atoms with Crippen LogP contribution in [0, 0.1) is 0 Å². The highest BCUT2D eigenvalue weighted by Gasteiger charge is 2.09. The minimum absolute atomic E-state index is 0.198. The first kappa shape index (κ1) is 14.5. The van der Waals surface area contributed by atoms with Gasteiger partial charge in [-0.25, -0.2) is 0 Å². The summed E-state index contributed by atoms with van der Waals surface area (Å²) < 4.78 is 4.41. The summed E-state index contributed by atoms with van der Waals surface area (Å²) in [6.07, 6.45) is 6.63. The average molecular weight is 360 g/mol. The number of hydrogen-bond donors (Lipinski definition) is 1. The van der Waals surface area contributed by atoms with Crippen molar-refractivity contribution in [2.24, 2.45) is 7.05 Å². The molecule has 0 atom stereocenters. The molecule has 1 N–H and O–H groups in total. The van der Waals surface area contributed by atoms with Gasteiger partial charge in [-0.05, 0) is 17.7 Å². The van der Waals surface area contributed by atoms with Crippen molar-refractivity contribution in [2.75, 3.05) is 5.32 Å². The molecule has 0 fully saturated rings. The maximum absolute atomic E-state index is 12.0. The van der Waals surface area contributed by atoms with Crippen LogP contribution in [0.5, 0.6) is 0 Å². The maximum Gasteiger partial charge on any atom is 0.258 e. The van der Waals surface area contributed by atoms with Crippen LogP contribution < -0.4 is 5.32 Å². The normalized spacial score (nSPS) is 10.6. The number of aromatic nitrogens is 4. The van der Waals surface area contributed by atoms with Crippen molar-refractivity contribution in [3.05, 3.63) is 64.7 Å². The Bertz CT molecular complexity index is 790. The lowest BCUT2D eigenvalue weighted by Crippen LogP contribution is -2.10. The number of hydrogen-bond acceptors (Lipinski definition) is 3. The van der Waals surface area contributed by atoms with Gasteiger partial charge in [0, 0.05) is 23.9 Å². The molecule has 3 aromatic rings. The van der Waals surface area contributed by atoms with Crippen LogP contribution in [0.3, 0.4) is 0 Å². The Hall–Kier alpha value is -2.41. The van der Waals surface area contributed by atoms with Crippen molar-refractivity contribution in [1.29, 1.82) is 0 Å². The third-order valence-electron chi connectivity index (χ3n) is 3.12. The summed E-state index contributed by atoms with van der Waals surface area (Å²) >= 11 is 3.41. The van der Waals surface area contributed by atoms with Gasteiger partial charge in [-0.15, -0.1) is 0 Å². The summed E-state index contributed by atoms with van der Waals surface area (Å²) in [6.45, 7) is 0.649. The average Bonchev–Trinajstić information content (AvgIpc) is 3.11. The summed E-state index contributed by atoms with van der Waals surface area (Å²) in [5.74, 6) is -0.198. The molecule has 22 heavy (non-hydrogen) atoms. The van der Waals surface area contributed by atoms with Crippen LogP contribution in [0.25, 0.3) is 0 Å². The zero-order chi connectivity index (χ0) is 15.5. The predicted molar refractivity (Wildman–Crippen MR) is 86.6 cm³/mol. The molecule has 3 rings (SSSR count). The van der Waals surface area contributed by atoms with E-state index in [2.05, 4.69) is 31.4 Å². The number of carbonyl (C=O) groups excluding carboxylic acids is 1. The van der Waals surface area contributed by atoms with Gasteiger partial charge in [-0.3, -0.25) is 14.2 Å². The van der Waals surface area contributed by atoms with Gasteiger partial charge in [-0.2, -0.15) is 10.2 Å². The summed E-state index contributed by atoms with van der Waals surface area (Å²) in [5.41, 5.74) is 2.31. The first-order valence-corrected chi connectivity index (χ1v) is 7.46. The number of nitrogens with one attached hydrogen (secondary N) is 1. The van der Waals surface area contributed by atoms with Crippen molar-refractivity contribution in [2.45, 2.75) is 6.54 Å². The van der Waals surface area contributed by atoms with Crippen molar-refractivity contribution in [3.8, 4) is 0 Å². The quantitative estimate of drug-likeness (QED) is 0.778. The molecule has 0 bridgehead atoms. The zero-order valence-electron chi connectivity index (χ0n) is 11.9. The Morgan fingerprint density at radius 1 is 1.18 bits per heavy atom. The van der Waals surface area contributed by atoms with E-state index in [1.165, 1.54) is 6.20 Å². The highest BCUT2D eigenvalue weighted by atomic mass is 79.9. The molecule has 0 radical (unpaired) electrons. The molecular weight excluding hydrogens is 346 g/mol. The van der Waals surface area contributed by atoms with Crippen molar-refractivity contribution < 1.29 is 4.79 Å². The van der Waals surface area contributed by atoms with Gasteiger partial charge < -0.3 is 5.32 Å². The number of rotatable bonds is 4. The monoisotopic (exact) mass is 359 g/mol. The van der Waals surface area contributed by atoms with E-state index < -0.39 is 0 Å². The predicted octanol–water partition coefficient (Wildman–Crippen LogP) is 2.68. The Morgan fingerprint density at radius 3 is 2.64 bits per heavy atom. The number of nitrogens with zero attached hydrogens (tertiary/aromatic N) is 4. The van der Waals surface area contributed by atoms with E-state index in [0.717, 1.165) is 10.0 Å². The molecule has 1 amide bonds. The van der Waals surface area contributed by atoms with Gasteiger partial charge in [0.05, 0.1) is 30.2 Å². The minimum Gasteiger partial charge on any atom is -0.319 e. The van der Waals surface area contributed by atoms with Gasteiger partial charge in [0.1, 0.15) is 0 Å². The molecule has 6 nitrogen and oxygen atoms in total. The van der Waals surface area contributed by atoms with Crippen molar-refractivity contribution in [3.63, 3.8) is 0 Å². The molecule has 0 saturated carbocycles. The molecule has 0 aliphatic heterocycles. The fourth-order valence-electron chi connectivity index (χ4n) is 2.03. The second kappa shape index (κ2) is 6.15. The zero-order valence-corrected chi connectivity index (χ0v) is 13.5. The largest absolute Gasteiger partial charge is 0.319 e. The van der Waals surface area contributed by atoms with Crippen LogP contribution in [0.2, 0.25) is 0 Å². The van der Waals surface area contributed by atoms with Gasteiger partial charge >= 0.3 is 0 Å². The van der Waals surface area contributed by atoms with Crippen LogP contribution >= 0.6 is 15.9 Å². The molecule has 7 heteroatoms. The molecule has 0 aliphatic rings. The van der Waals surface area contributed by atoms with E-state index in [1.54, 1.807) is 35.0 Å². The fourth-order valence-corrected chi connectivity index (χ4v) is 2.30. The van der Waals surface area contributed by atoms with Gasteiger partial charge in [0.15, 0.2) is 0 Å². The Balaban J connectivity index is 1.66. The van der Waals surface area contributed by atoms with E-state index in [1.807, 2.05) is 24.3 Å². The lowest BCUT2D eigenvalue weighted by atomic mass is 10.2. The van der Waals surface area contributed by atoms with E-state index >= 15 is 0 Å². The Kier molecular flexibility index (Phi) is 4.06. The number of carbonyl (C=O) groups is 1. The first-order valence-electron chi connectivity index (χ1n) is 6.67. The second-order valence-electron chi connectivity index (χ2n) is 4.91.